The number of benzene rings is 1. The van der Waals surface area contributed by atoms with Crippen LogP contribution in [0, 0.1) is 0 Å². The van der Waals surface area contributed by atoms with E-state index in [0.29, 0.717) is 5.03 Å². The van der Waals surface area contributed by atoms with Gasteiger partial charge in [0.15, 0.2) is 0 Å². The molecule has 3 heterocycles. The van der Waals surface area contributed by atoms with E-state index < -0.39 is 0 Å². The quantitative estimate of drug-likeness (QED) is 0.558. The molecule has 2 fully saturated rings. The number of hydrogen-bond donors (Lipinski definition) is 1. The summed E-state index contributed by atoms with van der Waals surface area (Å²) >= 11 is 6.52. The monoisotopic (exact) mass is 440 g/mol. The van der Waals surface area contributed by atoms with Gasteiger partial charge in [-0.15, -0.1) is 0 Å². The number of anilines is 1. The Morgan fingerprint density at radius 2 is 2.00 bits per heavy atom. The van der Waals surface area contributed by atoms with Gasteiger partial charge >= 0.3 is 0 Å². The first kappa shape index (κ1) is 22.1. The van der Waals surface area contributed by atoms with Crippen LogP contribution in [0.5, 0.6) is 0 Å². The Morgan fingerprint density at radius 1 is 1.23 bits per heavy atom. The second-order valence-corrected chi connectivity index (χ2v) is 8.98. The lowest BCUT2D eigenvalue weighted by atomic mass is 9.92. The summed E-state index contributed by atoms with van der Waals surface area (Å²) in [5.74, 6) is 1.03. The smallest absolute Gasteiger partial charge is 0.124 e. The summed E-state index contributed by atoms with van der Waals surface area (Å²) in [4.78, 5) is 20.5. The van der Waals surface area contributed by atoms with Crippen LogP contribution in [-0.2, 0) is 0 Å². The molecule has 2 aromatic rings. The second-order valence-electron chi connectivity index (χ2n) is 8.57. The molecule has 6 nitrogen and oxygen atoms in total. The molecule has 0 aliphatic carbocycles. The topological polar surface area (TPSA) is 50.8 Å². The number of aliphatic imine (C=N–C) groups is 1. The number of aromatic amines is 1. The minimum atomic E-state index is 0.165. The summed E-state index contributed by atoms with van der Waals surface area (Å²) < 4.78 is 0. The summed E-state index contributed by atoms with van der Waals surface area (Å²) in [5, 5.41) is 0.664. The molecule has 2 aliphatic rings. The maximum absolute atomic E-state index is 6.52. The van der Waals surface area contributed by atoms with Crippen molar-refractivity contribution < 1.29 is 0 Å². The third-order valence-electron chi connectivity index (χ3n) is 6.67. The molecule has 4 rings (SSSR count). The van der Waals surface area contributed by atoms with Crippen LogP contribution in [-0.4, -0.2) is 78.8 Å². The van der Waals surface area contributed by atoms with E-state index in [2.05, 4.69) is 63.5 Å². The number of halogens is 1. The molecule has 31 heavy (non-hydrogen) atoms. The Labute approximate surface area is 190 Å². The zero-order chi connectivity index (χ0) is 22.0. The highest BCUT2D eigenvalue weighted by Crippen LogP contribution is 2.36. The molecule has 7 heteroatoms. The predicted molar refractivity (Wildman–Crippen MR) is 131 cm³/mol. The molecule has 1 aromatic heterocycles. The molecule has 0 bridgehead atoms. The van der Waals surface area contributed by atoms with Crippen LogP contribution in [0.1, 0.15) is 31.1 Å². The first-order valence-corrected chi connectivity index (χ1v) is 11.5. The lowest BCUT2D eigenvalue weighted by molar-refractivity contribution is 0.148. The zero-order valence-electron chi connectivity index (χ0n) is 18.8. The Bertz CT molecular complexity index is 985. The predicted octanol–water partition coefficient (Wildman–Crippen LogP) is 4.22. The number of allylic oxidation sites excluding steroid dienone is 2. The molecule has 0 saturated carbocycles. The van der Waals surface area contributed by atoms with Crippen LogP contribution < -0.4 is 4.90 Å². The Balaban J connectivity index is 1.63. The molecular formula is C24H33ClN6. The average molecular weight is 441 g/mol. The molecule has 1 aromatic carbocycles. The van der Waals surface area contributed by atoms with Crippen LogP contribution in [0.25, 0.3) is 11.0 Å². The van der Waals surface area contributed by atoms with Crippen molar-refractivity contribution in [1.82, 2.24) is 19.8 Å². The van der Waals surface area contributed by atoms with Gasteiger partial charge in [-0.1, -0.05) is 30.3 Å². The van der Waals surface area contributed by atoms with E-state index in [1.54, 1.807) is 6.08 Å². The number of likely N-dealkylation sites (N-methyl/N-ethyl adjacent to an activating group) is 1. The van der Waals surface area contributed by atoms with Crippen LogP contribution in [0.2, 0.25) is 0 Å². The van der Waals surface area contributed by atoms with E-state index in [1.165, 1.54) is 5.69 Å². The number of piperidine rings is 1. The fraction of sp³-hybridized carbons (Fsp3) is 0.500. The molecule has 2 atom stereocenters. The van der Waals surface area contributed by atoms with Crippen LogP contribution >= 0.6 is 11.6 Å². The van der Waals surface area contributed by atoms with E-state index in [4.69, 9.17) is 16.6 Å². The van der Waals surface area contributed by atoms with Crippen molar-refractivity contribution in [1.29, 1.82) is 0 Å². The highest BCUT2D eigenvalue weighted by atomic mass is 35.5. The highest BCUT2D eigenvalue weighted by Gasteiger charge is 2.34. The third-order valence-corrected chi connectivity index (χ3v) is 6.99. The molecule has 0 amide bonds. The van der Waals surface area contributed by atoms with E-state index in [1.807, 2.05) is 13.1 Å². The van der Waals surface area contributed by atoms with Crippen LogP contribution in [0.3, 0.4) is 0 Å². The number of nitrogens with one attached hydrogen (secondary N) is 1. The Kier molecular flexibility index (Phi) is 6.80. The molecule has 2 saturated heterocycles. The molecular weight excluding hydrogens is 408 g/mol. The van der Waals surface area contributed by atoms with Crippen molar-refractivity contribution in [2.45, 2.75) is 31.3 Å². The Morgan fingerprint density at radius 3 is 2.71 bits per heavy atom. The number of likely N-dealkylation sites (tertiary alicyclic amines) is 1. The number of imidazole rings is 1. The molecule has 0 unspecified atom stereocenters. The van der Waals surface area contributed by atoms with Crippen molar-refractivity contribution in [3.8, 4) is 0 Å². The maximum atomic E-state index is 6.52. The lowest BCUT2D eigenvalue weighted by Gasteiger charge is -2.39. The summed E-state index contributed by atoms with van der Waals surface area (Å²) in [6.45, 7) is 8.00. The number of para-hydroxylation sites is 1. The van der Waals surface area contributed by atoms with E-state index >= 15 is 0 Å². The van der Waals surface area contributed by atoms with Gasteiger partial charge in [0.25, 0.3) is 0 Å². The van der Waals surface area contributed by atoms with Gasteiger partial charge < -0.3 is 14.8 Å². The van der Waals surface area contributed by atoms with E-state index in [9.17, 15) is 0 Å². The highest BCUT2D eigenvalue weighted by molar-refractivity contribution is 6.44. The van der Waals surface area contributed by atoms with Crippen molar-refractivity contribution in [2.75, 3.05) is 52.2 Å². The van der Waals surface area contributed by atoms with Crippen molar-refractivity contribution >= 4 is 34.0 Å². The average Bonchev–Trinajstić information content (AvgIpc) is 3.20. The standard InChI is InChI=1S/C24H33ClN6/c1-5-8-17(25)22(26-2)19-10-7-12-21(30(19)4)24-27-18-9-6-11-20(23(18)28-24)31-15-13-29(3)14-16-31/h5-6,8-9,11,19,21H,1,7,10,12-16H2,2-4H3,(H,27,28)/b17-8+,26-22?/t19-,21+/m0/s1. The first-order chi connectivity index (χ1) is 15.0. The number of H-pyrrole nitrogens is 1. The minimum Gasteiger partial charge on any atom is -0.367 e. The van der Waals surface area contributed by atoms with Crippen LogP contribution in [0.4, 0.5) is 5.69 Å². The fourth-order valence-electron chi connectivity index (χ4n) is 4.89. The Hall–Kier alpha value is -2.15. The van der Waals surface area contributed by atoms with Crippen LogP contribution in [0.15, 0.2) is 47.0 Å². The van der Waals surface area contributed by atoms with Crippen molar-refractivity contribution in [3.05, 3.63) is 47.8 Å². The largest absolute Gasteiger partial charge is 0.367 e. The number of hydrogen-bond acceptors (Lipinski definition) is 5. The maximum Gasteiger partial charge on any atom is 0.124 e. The number of nitrogens with zero attached hydrogens (tertiary/aromatic N) is 5. The number of fused-ring (bicyclic) bond motifs is 1. The fourth-order valence-corrected chi connectivity index (χ4v) is 5.19. The van der Waals surface area contributed by atoms with Gasteiger partial charge in [0.05, 0.1) is 34.0 Å². The second kappa shape index (κ2) is 9.55. The normalized spacial score (nSPS) is 24.7. The molecule has 1 N–H and O–H groups in total. The van der Waals surface area contributed by atoms with Gasteiger partial charge in [0, 0.05) is 33.2 Å². The van der Waals surface area contributed by atoms with Gasteiger partial charge in [-0.05, 0) is 51.6 Å². The first-order valence-electron chi connectivity index (χ1n) is 11.1. The van der Waals surface area contributed by atoms with Crippen molar-refractivity contribution in [2.24, 2.45) is 4.99 Å². The van der Waals surface area contributed by atoms with Gasteiger partial charge in [0.2, 0.25) is 0 Å². The number of piperazine rings is 1. The van der Waals surface area contributed by atoms with Gasteiger partial charge in [0.1, 0.15) is 11.3 Å². The van der Waals surface area contributed by atoms with E-state index in [-0.39, 0.29) is 12.1 Å². The minimum absolute atomic E-state index is 0.165. The number of aromatic nitrogens is 2. The van der Waals surface area contributed by atoms with Gasteiger partial charge in [-0.3, -0.25) is 9.89 Å². The molecule has 0 spiro atoms. The molecule has 0 radical (unpaired) electrons. The zero-order valence-corrected chi connectivity index (χ0v) is 19.6. The summed E-state index contributed by atoms with van der Waals surface area (Å²) in [5.41, 5.74) is 4.33. The van der Waals surface area contributed by atoms with Crippen molar-refractivity contribution in [3.63, 3.8) is 0 Å². The third kappa shape index (κ3) is 4.43. The number of rotatable bonds is 5. The molecule has 166 valence electrons. The summed E-state index contributed by atoms with van der Waals surface area (Å²) in [6, 6.07) is 6.84. The summed E-state index contributed by atoms with van der Waals surface area (Å²) in [7, 11) is 6.16. The summed E-state index contributed by atoms with van der Waals surface area (Å²) in [6.07, 6.45) is 6.75. The van der Waals surface area contributed by atoms with Gasteiger partial charge in [-0.25, -0.2) is 4.98 Å². The lowest BCUT2D eigenvalue weighted by Crippen LogP contribution is -2.44. The SMILES string of the molecule is C=C/C=C(/Cl)C(=NC)[C@@H]1CCC[C@H](c2nc3c(N4CCN(C)CC4)cccc3[nH]2)N1C. The molecule has 2 aliphatic heterocycles. The van der Waals surface area contributed by atoms with E-state index in [0.717, 1.165) is 68.0 Å². The van der Waals surface area contributed by atoms with Gasteiger partial charge in [-0.2, -0.15) is 0 Å².